The molecule has 0 unspecified atom stereocenters. The number of benzene rings is 2. The molecule has 5 nitrogen and oxygen atoms in total. The lowest BCUT2D eigenvalue weighted by Gasteiger charge is -2.08. The van der Waals surface area contributed by atoms with Gasteiger partial charge in [0.1, 0.15) is 5.75 Å². The third-order valence-corrected chi connectivity index (χ3v) is 5.22. The number of rotatable bonds is 4. The first-order valence-corrected chi connectivity index (χ1v) is 9.68. The van der Waals surface area contributed by atoms with E-state index in [2.05, 4.69) is 15.6 Å². The van der Waals surface area contributed by atoms with Crippen molar-refractivity contribution in [3.05, 3.63) is 63.5 Å². The molecule has 0 spiro atoms. The number of hydrogen-bond donors (Lipinski definition) is 2. The molecule has 0 saturated heterocycles. The van der Waals surface area contributed by atoms with Gasteiger partial charge < -0.3 is 10.1 Å². The summed E-state index contributed by atoms with van der Waals surface area (Å²) in [6, 6.07) is 12.2. The van der Waals surface area contributed by atoms with Crippen molar-refractivity contribution in [3.63, 3.8) is 0 Å². The first-order valence-electron chi connectivity index (χ1n) is 7.63. The molecule has 9 heteroatoms. The number of anilines is 1. The third-order valence-electron chi connectivity index (χ3n) is 3.52. The van der Waals surface area contributed by atoms with Gasteiger partial charge in [0.2, 0.25) is 0 Å². The highest BCUT2D eigenvalue weighted by Gasteiger charge is 2.11. The van der Waals surface area contributed by atoms with Crippen molar-refractivity contribution >= 4 is 62.9 Å². The zero-order valence-corrected chi connectivity index (χ0v) is 17.1. The van der Waals surface area contributed by atoms with Gasteiger partial charge in [-0.1, -0.05) is 23.2 Å². The van der Waals surface area contributed by atoms with Gasteiger partial charge in [-0.05, 0) is 54.7 Å². The van der Waals surface area contributed by atoms with Gasteiger partial charge in [-0.25, -0.2) is 4.98 Å². The van der Waals surface area contributed by atoms with Gasteiger partial charge in [-0.15, -0.1) is 11.3 Å². The molecular formula is C18H13Cl2N3O2S2. The molecule has 27 heavy (non-hydrogen) atoms. The van der Waals surface area contributed by atoms with Crippen LogP contribution in [0.1, 0.15) is 10.4 Å². The number of thiazole rings is 1. The zero-order valence-electron chi connectivity index (χ0n) is 14.0. The fourth-order valence-corrected chi connectivity index (χ4v) is 3.44. The van der Waals surface area contributed by atoms with Crippen LogP contribution in [0, 0.1) is 0 Å². The van der Waals surface area contributed by atoms with Crippen molar-refractivity contribution in [2.75, 3.05) is 12.4 Å². The number of ether oxygens (including phenoxy) is 1. The van der Waals surface area contributed by atoms with Crippen molar-refractivity contribution in [2.24, 2.45) is 0 Å². The smallest absolute Gasteiger partial charge is 0.257 e. The summed E-state index contributed by atoms with van der Waals surface area (Å²) in [4.78, 5) is 16.7. The highest BCUT2D eigenvalue weighted by Crippen LogP contribution is 2.26. The van der Waals surface area contributed by atoms with E-state index in [4.69, 9.17) is 40.2 Å². The number of nitrogens with one attached hydrogen (secondary N) is 2. The third kappa shape index (κ3) is 4.95. The van der Waals surface area contributed by atoms with Crippen LogP contribution >= 0.6 is 46.8 Å². The molecule has 0 radical (unpaired) electrons. The van der Waals surface area contributed by atoms with E-state index in [9.17, 15) is 4.79 Å². The molecular weight excluding hydrogens is 425 g/mol. The van der Waals surface area contributed by atoms with Gasteiger partial charge in [0.25, 0.3) is 5.91 Å². The van der Waals surface area contributed by atoms with Crippen molar-refractivity contribution in [1.29, 1.82) is 0 Å². The number of carbonyl (C=O) groups is 1. The summed E-state index contributed by atoms with van der Waals surface area (Å²) in [6.07, 6.45) is 0. The number of nitrogens with zero attached hydrogens (tertiary/aromatic N) is 1. The first-order chi connectivity index (χ1) is 13.0. The number of amides is 1. The zero-order chi connectivity index (χ0) is 19.4. The molecule has 2 aromatic carbocycles. The predicted octanol–water partition coefficient (Wildman–Crippen LogP) is 5.25. The van der Waals surface area contributed by atoms with Crippen LogP contribution in [0.5, 0.6) is 5.75 Å². The summed E-state index contributed by atoms with van der Waals surface area (Å²) < 4.78 is 5.15. The lowest BCUT2D eigenvalue weighted by Crippen LogP contribution is -2.34. The number of halogens is 2. The number of carbonyl (C=O) groups excluding carboxylic acids is 1. The number of hydrogen-bond acceptors (Lipinski definition) is 5. The molecule has 0 aliphatic carbocycles. The van der Waals surface area contributed by atoms with Gasteiger partial charge in [0.15, 0.2) is 10.2 Å². The van der Waals surface area contributed by atoms with Crippen LogP contribution in [0.25, 0.3) is 11.3 Å². The first kappa shape index (κ1) is 19.6. The SMILES string of the molecule is COc1ccc(-c2csc(NC(=S)NC(=O)c3ccc(Cl)c(Cl)c3)n2)cc1. The second kappa shape index (κ2) is 8.67. The summed E-state index contributed by atoms with van der Waals surface area (Å²) in [5.41, 5.74) is 2.10. The lowest BCUT2D eigenvalue weighted by molar-refractivity contribution is 0.0977. The van der Waals surface area contributed by atoms with E-state index in [1.54, 1.807) is 19.2 Å². The van der Waals surface area contributed by atoms with Crippen LogP contribution in [-0.4, -0.2) is 23.1 Å². The van der Waals surface area contributed by atoms with Crippen LogP contribution < -0.4 is 15.4 Å². The van der Waals surface area contributed by atoms with E-state index in [0.717, 1.165) is 17.0 Å². The van der Waals surface area contributed by atoms with E-state index in [1.165, 1.54) is 17.4 Å². The quantitative estimate of drug-likeness (QED) is 0.545. The Morgan fingerprint density at radius 1 is 1.15 bits per heavy atom. The monoisotopic (exact) mass is 437 g/mol. The van der Waals surface area contributed by atoms with Gasteiger partial charge in [0, 0.05) is 16.5 Å². The fourth-order valence-electron chi connectivity index (χ4n) is 2.17. The summed E-state index contributed by atoms with van der Waals surface area (Å²) >= 11 is 18.3. The van der Waals surface area contributed by atoms with Crippen LogP contribution in [0.3, 0.4) is 0 Å². The van der Waals surface area contributed by atoms with E-state index in [-0.39, 0.29) is 5.11 Å². The Labute approximate surface area is 175 Å². The van der Waals surface area contributed by atoms with Crippen molar-refractivity contribution < 1.29 is 9.53 Å². The Bertz CT molecular complexity index is 991. The summed E-state index contributed by atoms with van der Waals surface area (Å²) in [7, 11) is 1.62. The maximum atomic E-state index is 12.2. The number of thiocarbonyl (C=S) groups is 1. The van der Waals surface area contributed by atoms with Gasteiger partial charge >= 0.3 is 0 Å². The standard InChI is InChI=1S/C18H13Cl2N3O2S2/c1-25-12-5-2-10(3-6-12)15-9-27-18(21-15)23-17(26)22-16(24)11-4-7-13(19)14(20)8-11/h2-9H,1H3,(H2,21,22,23,24,26). The topological polar surface area (TPSA) is 63.2 Å². The van der Waals surface area contributed by atoms with E-state index in [1.807, 2.05) is 29.6 Å². The molecule has 0 aliphatic rings. The summed E-state index contributed by atoms with van der Waals surface area (Å²) in [5.74, 6) is 0.386. The molecule has 3 rings (SSSR count). The molecule has 0 fully saturated rings. The number of methoxy groups -OCH3 is 1. The Balaban J connectivity index is 1.63. The molecule has 138 valence electrons. The minimum atomic E-state index is -0.391. The van der Waals surface area contributed by atoms with Crippen molar-refractivity contribution in [1.82, 2.24) is 10.3 Å². The molecule has 3 aromatic rings. The fraction of sp³-hybridized carbons (Fsp3) is 0.0556. The average Bonchev–Trinajstić information content (AvgIpc) is 3.12. The molecule has 2 N–H and O–H groups in total. The molecule has 0 saturated carbocycles. The Morgan fingerprint density at radius 2 is 1.89 bits per heavy atom. The highest BCUT2D eigenvalue weighted by molar-refractivity contribution is 7.80. The van der Waals surface area contributed by atoms with E-state index >= 15 is 0 Å². The lowest BCUT2D eigenvalue weighted by atomic mass is 10.2. The Kier molecular flexibility index (Phi) is 6.28. The maximum Gasteiger partial charge on any atom is 0.257 e. The van der Waals surface area contributed by atoms with Crippen molar-refractivity contribution in [3.8, 4) is 17.0 Å². The van der Waals surface area contributed by atoms with Gasteiger partial charge in [-0.2, -0.15) is 0 Å². The normalized spacial score (nSPS) is 10.3. The van der Waals surface area contributed by atoms with Crippen LogP contribution in [0.15, 0.2) is 47.8 Å². The molecule has 0 aliphatic heterocycles. The molecule has 1 aromatic heterocycles. The molecule has 0 bridgehead atoms. The number of aromatic nitrogens is 1. The Hall–Kier alpha value is -2.19. The second-order valence-electron chi connectivity index (χ2n) is 5.30. The largest absolute Gasteiger partial charge is 0.497 e. The minimum absolute atomic E-state index is 0.140. The van der Waals surface area contributed by atoms with Crippen LogP contribution in [0.4, 0.5) is 5.13 Å². The second-order valence-corrected chi connectivity index (χ2v) is 7.38. The molecule has 1 amide bonds. The van der Waals surface area contributed by atoms with Crippen LogP contribution in [0.2, 0.25) is 10.0 Å². The van der Waals surface area contributed by atoms with Crippen molar-refractivity contribution in [2.45, 2.75) is 0 Å². The maximum absolute atomic E-state index is 12.2. The Morgan fingerprint density at radius 3 is 2.56 bits per heavy atom. The summed E-state index contributed by atoms with van der Waals surface area (Å²) in [6.45, 7) is 0. The average molecular weight is 438 g/mol. The van der Waals surface area contributed by atoms with Crippen LogP contribution in [-0.2, 0) is 0 Å². The molecule has 1 heterocycles. The highest BCUT2D eigenvalue weighted by atomic mass is 35.5. The summed E-state index contributed by atoms with van der Waals surface area (Å²) in [5, 5.41) is 8.77. The van der Waals surface area contributed by atoms with Gasteiger partial charge in [0.05, 0.1) is 22.8 Å². The predicted molar refractivity (Wildman–Crippen MR) is 114 cm³/mol. The minimum Gasteiger partial charge on any atom is -0.497 e. The van der Waals surface area contributed by atoms with Gasteiger partial charge in [-0.3, -0.25) is 10.1 Å². The van der Waals surface area contributed by atoms with E-state index in [0.29, 0.717) is 20.7 Å². The molecule has 0 atom stereocenters. The van der Waals surface area contributed by atoms with E-state index < -0.39 is 5.91 Å².